The van der Waals surface area contributed by atoms with Crippen LogP contribution in [0.1, 0.15) is 11.5 Å². The van der Waals surface area contributed by atoms with Crippen LogP contribution < -0.4 is 5.43 Å². The Morgan fingerprint density at radius 2 is 2.07 bits per heavy atom. The van der Waals surface area contributed by atoms with Crippen molar-refractivity contribution in [1.29, 1.82) is 0 Å². The zero-order valence-corrected chi connectivity index (χ0v) is 9.48. The largest absolute Gasteiger partial charge is 0.464 e. The fourth-order valence-corrected chi connectivity index (χ4v) is 1.42. The first-order valence-corrected chi connectivity index (χ1v) is 5.51. The summed E-state index contributed by atoms with van der Waals surface area (Å²) in [5.74, 6) is -0.817. The molecule has 0 aromatic carbocycles. The van der Waals surface area contributed by atoms with Crippen molar-refractivity contribution >= 4 is 11.8 Å². The Labute approximate surface area is 91.8 Å². The van der Waals surface area contributed by atoms with Gasteiger partial charge in [-0.05, 0) is 12.1 Å². The van der Waals surface area contributed by atoms with E-state index in [4.69, 9.17) is 4.42 Å². The third kappa shape index (κ3) is 5.15. The highest BCUT2D eigenvalue weighted by molar-refractivity contribution is 7.98. The number of hydrazine groups is 1. The summed E-state index contributed by atoms with van der Waals surface area (Å²) in [5.41, 5.74) is 3.02. The highest BCUT2D eigenvalue weighted by atomic mass is 32.2. The van der Waals surface area contributed by atoms with Gasteiger partial charge in [0.25, 0.3) is 5.76 Å². The average Bonchev–Trinajstić information content (AvgIpc) is 2.59. The van der Waals surface area contributed by atoms with Crippen molar-refractivity contribution < 1.29 is 13.2 Å². The van der Waals surface area contributed by atoms with Crippen molar-refractivity contribution in [2.75, 3.05) is 14.1 Å². The molecule has 0 atom stereocenters. The molecule has 0 aliphatic heterocycles. The van der Waals surface area contributed by atoms with E-state index in [1.54, 1.807) is 17.1 Å². The number of furan rings is 1. The van der Waals surface area contributed by atoms with Crippen LogP contribution in [0.3, 0.4) is 0 Å². The van der Waals surface area contributed by atoms with Crippen LogP contribution in [0.4, 0.5) is 8.78 Å². The van der Waals surface area contributed by atoms with Crippen molar-refractivity contribution in [3.05, 3.63) is 23.7 Å². The number of halogens is 2. The van der Waals surface area contributed by atoms with E-state index in [1.165, 1.54) is 0 Å². The topological polar surface area (TPSA) is 28.4 Å². The van der Waals surface area contributed by atoms with Crippen LogP contribution in [0.15, 0.2) is 16.5 Å². The molecule has 0 bridgehead atoms. The van der Waals surface area contributed by atoms with Gasteiger partial charge in [0.2, 0.25) is 0 Å². The van der Waals surface area contributed by atoms with E-state index in [1.807, 2.05) is 14.1 Å². The van der Waals surface area contributed by atoms with Crippen LogP contribution in [0.2, 0.25) is 0 Å². The van der Waals surface area contributed by atoms with Gasteiger partial charge in [0, 0.05) is 14.1 Å². The molecular weight excluding hydrogens is 222 g/mol. The molecule has 0 spiro atoms. The highest BCUT2D eigenvalue weighted by Gasteiger charge is 2.07. The summed E-state index contributed by atoms with van der Waals surface area (Å²) in [4.78, 5) is 0. The molecule has 0 radical (unpaired) electrons. The van der Waals surface area contributed by atoms with Crippen molar-refractivity contribution in [3.8, 4) is 0 Å². The van der Waals surface area contributed by atoms with E-state index in [2.05, 4.69) is 5.43 Å². The smallest absolute Gasteiger partial charge is 0.284 e. The molecule has 0 aliphatic rings. The van der Waals surface area contributed by atoms with Gasteiger partial charge in [-0.25, -0.2) is 5.43 Å². The van der Waals surface area contributed by atoms with Crippen molar-refractivity contribution in [2.45, 2.75) is 18.1 Å². The molecule has 0 saturated heterocycles. The van der Waals surface area contributed by atoms with Gasteiger partial charge in [-0.3, -0.25) is 5.01 Å². The summed E-state index contributed by atoms with van der Waals surface area (Å²) in [5, 5.41) is 1.80. The summed E-state index contributed by atoms with van der Waals surface area (Å²) in [6, 6.07) is 3.51. The standard InChI is InChI=1S/C9H14F2N2OS/c1-13(2)12-5-7-3-4-8(14-7)6-15-9(10)11/h3-4,9,12H,5-6H2,1-2H3. The molecule has 0 fully saturated rings. The van der Waals surface area contributed by atoms with Crippen LogP contribution in [0.5, 0.6) is 0 Å². The van der Waals surface area contributed by atoms with Crippen LogP contribution in [0, 0.1) is 0 Å². The predicted octanol–water partition coefficient (Wildman–Crippen LogP) is 2.30. The van der Waals surface area contributed by atoms with Gasteiger partial charge < -0.3 is 4.42 Å². The Morgan fingerprint density at radius 1 is 1.40 bits per heavy atom. The van der Waals surface area contributed by atoms with E-state index in [-0.39, 0.29) is 5.75 Å². The van der Waals surface area contributed by atoms with Gasteiger partial charge >= 0.3 is 0 Å². The summed E-state index contributed by atoms with van der Waals surface area (Å²) in [6.45, 7) is 0.562. The van der Waals surface area contributed by atoms with Crippen molar-refractivity contribution in [3.63, 3.8) is 0 Å². The Balaban J connectivity index is 2.35. The van der Waals surface area contributed by atoms with Gasteiger partial charge in [-0.2, -0.15) is 8.78 Å². The summed E-state index contributed by atoms with van der Waals surface area (Å²) < 4.78 is 29.1. The van der Waals surface area contributed by atoms with Crippen LogP contribution >= 0.6 is 11.8 Å². The van der Waals surface area contributed by atoms with E-state index in [9.17, 15) is 8.78 Å². The van der Waals surface area contributed by atoms with E-state index >= 15 is 0 Å². The van der Waals surface area contributed by atoms with Gasteiger partial charge in [0.05, 0.1) is 12.3 Å². The van der Waals surface area contributed by atoms with Crippen LogP contribution in [-0.2, 0) is 12.3 Å². The normalized spacial score (nSPS) is 11.6. The Kier molecular flexibility index (Phi) is 5.07. The predicted molar refractivity (Wildman–Crippen MR) is 56.5 cm³/mol. The van der Waals surface area contributed by atoms with Gasteiger partial charge in [-0.15, -0.1) is 0 Å². The van der Waals surface area contributed by atoms with Crippen LogP contribution in [0.25, 0.3) is 0 Å². The third-order valence-electron chi connectivity index (χ3n) is 1.64. The SMILES string of the molecule is CN(C)NCc1ccc(CSC(F)F)o1. The van der Waals surface area contributed by atoms with Crippen molar-refractivity contribution in [2.24, 2.45) is 0 Å². The van der Waals surface area contributed by atoms with Gasteiger partial charge in [-0.1, -0.05) is 11.8 Å². The highest BCUT2D eigenvalue weighted by Crippen LogP contribution is 2.21. The Hall–Kier alpha value is -0.590. The minimum atomic E-state index is -2.35. The molecule has 0 aliphatic carbocycles. The minimum Gasteiger partial charge on any atom is -0.464 e. The molecular formula is C9H14F2N2OS. The second-order valence-corrected chi connectivity index (χ2v) is 4.15. The lowest BCUT2D eigenvalue weighted by Crippen LogP contribution is -2.29. The lowest BCUT2D eigenvalue weighted by molar-refractivity contribution is 0.251. The molecule has 1 N–H and O–H groups in total. The molecule has 3 nitrogen and oxygen atoms in total. The zero-order chi connectivity index (χ0) is 11.3. The maximum absolute atomic E-state index is 11.9. The first-order chi connectivity index (χ1) is 7.08. The molecule has 0 saturated carbocycles. The summed E-state index contributed by atoms with van der Waals surface area (Å²) in [7, 11) is 3.74. The monoisotopic (exact) mass is 236 g/mol. The van der Waals surface area contributed by atoms with E-state index in [0.29, 0.717) is 24.1 Å². The minimum absolute atomic E-state index is 0.208. The maximum atomic E-state index is 11.9. The lowest BCUT2D eigenvalue weighted by atomic mass is 10.4. The molecule has 1 rings (SSSR count). The van der Waals surface area contributed by atoms with Crippen molar-refractivity contribution in [1.82, 2.24) is 10.4 Å². The molecule has 1 aromatic rings. The second-order valence-electron chi connectivity index (χ2n) is 3.17. The third-order valence-corrected chi connectivity index (χ3v) is 2.34. The average molecular weight is 236 g/mol. The number of hydrogen-bond donors (Lipinski definition) is 1. The first kappa shape index (κ1) is 12.5. The molecule has 0 amide bonds. The van der Waals surface area contributed by atoms with Gasteiger partial charge in [0.1, 0.15) is 11.5 Å². The summed E-state index contributed by atoms with van der Waals surface area (Å²) >= 11 is 0.564. The van der Waals surface area contributed by atoms with Gasteiger partial charge in [0.15, 0.2) is 0 Å². The Bertz CT molecular complexity index is 265. The number of rotatable bonds is 6. The molecule has 6 heteroatoms. The molecule has 0 unspecified atom stereocenters. The Morgan fingerprint density at radius 3 is 2.67 bits per heavy atom. The fourth-order valence-electron chi connectivity index (χ4n) is 0.976. The number of hydrogen-bond acceptors (Lipinski definition) is 4. The van der Waals surface area contributed by atoms with E-state index < -0.39 is 5.76 Å². The molecule has 15 heavy (non-hydrogen) atoms. The summed E-state index contributed by atoms with van der Waals surface area (Å²) in [6.07, 6.45) is 0. The number of alkyl halides is 2. The number of thioether (sulfide) groups is 1. The van der Waals surface area contributed by atoms with Crippen LogP contribution in [-0.4, -0.2) is 24.9 Å². The quantitative estimate of drug-likeness (QED) is 0.767. The molecule has 1 heterocycles. The fraction of sp³-hybridized carbons (Fsp3) is 0.556. The maximum Gasteiger partial charge on any atom is 0.284 e. The van der Waals surface area contributed by atoms with E-state index in [0.717, 1.165) is 5.76 Å². The zero-order valence-electron chi connectivity index (χ0n) is 8.67. The molecule has 86 valence electrons. The second kappa shape index (κ2) is 6.09. The first-order valence-electron chi connectivity index (χ1n) is 4.46. The molecule has 1 aromatic heterocycles. The number of nitrogens with one attached hydrogen (secondary N) is 1. The lowest BCUT2D eigenvalue weighted by Gasteiger charge is -2.09. The number of nitrogens with zero attached hydrogens (tertiary/aromatic N) is 1.